The molecule has 3 aromatic carbocycles. The summed E-state index contributed by atoms with van der Waals surface area (Å²) in [5.74, 6) is -0.238. The highest BCUT2D eigenvalue weighted by molar-refractivity contribution is 6.04. The monoisotopic (exact) mass is 601 g/mol. The largest absolute Gasteiger partial charge is 0.416 e. The van der Waals surface area contributed by atoms with Gasteiger partial charge < -0.3 is 15.1 Å². The number of benzene rings is 3. The molecule has 1 aromatic heterocycles. The van der Waals surface area contributed by atoms with Crippen molar-refractivity contribution in [3.8, 4) is 11.3 Å². The van der Waals surface area contributed by atoms with Gasteiger partial charge in [0, 0.05) is 50.5 Å². The van der Waals surface area contributed by atoms with E-state index in [0.29, 0.717) is 42.4 Å². The third kappa shape index (κ3) is 6.58. The van der Waals surface area contributed by atoms with Gasteiger partial charge in [-0.15, -0.1) is 0 Å². The summed E-state index contributed by atoms with van der Waals surface area (Å²) in [6, 6.07) is 14.7. The van der Waals surface area contributed by atoms with E-state index in [2.05, 4.69) is 10.3 Å². The number of nitrogens with zero attached hydrogens (tertiary/aromatic N) is 4. The van der Waals surface area contributed by atoms with Crippen LogP contribution in [-0.4, -0.2) is 53.0 Å². The van der Waals surface area contributed by atoms with Gasteiger partial charge in [0.25, 0.3) is 5.91 Å². The molecule has 0 unspecified atom stereocenters. The summed E-state index contributed by atoms with van der Waals surface area (Å²) in [7, 11) is 1.32. The Kier molecular flexibility index (Phi) is 8.08. The topological polar surface area (TPSA) is 61.4 Å². The van der Waals surface area contributed by atoms with Gasteiger partial charge in [-0.05, 0) is 48.4 Å². The molecule has 6 nitrogen and oxygen atoms in total. The van der Waals surface area contributed by atoms with Crippen LogP contribution in [0.4, 0.5) is 32.3 Å². The number of aromatic nitrogens is 2. The fraction of sp³-hybridized carbons (Fsp3) is 0.323. The maximum atomic E-state index is 13.8. The fourth-order valence-electron chi connectivity index (χ4n) is 5.47. The minimum Gasteiger partial charge on any atom is -0.338 e. The first-order valence-corrected chi connectivity index (χ1v) is 13.6. The lowest BCUT2D eigenvalue weighted by molar-refractivity contribution is -0.143. The maximum absolute atomic E-state index is 13.8. The average Bonchev–Trinajstić information content (AvgIpc) is 2.94. The lowest BCUT2D eigenvalue weighted by Gasteiger charge is -2.36. The summed E-state index contributed by atoms with van der Waals surface area (Å²) < 4.78 is 80.6. The molecule has 0 bridgehead atoms. The van der Waals surface area contributed by atoms with E-state index in [1.807, 2.05) is 61.2 Å². The van der Waals surface area contributed by atoms with Crippen LogP contribution in [-0.2, 0) is 18.9 Å². The van der Waals surface area contributed by atoms with Gasteiger partial charge in [-0.1, -0.05) is 42.5 Å². The summed E-state index contributed by atoms with van der Waals surface area (Å²) in [4.78, 5) is 26.2. The van der Waals surface area contributed by atoms with Crippen molar-refractivity contribution < 1.29 is 31.1 Å². The lowest BCUT2D eigenvalue weighted by Crippen LogP contribution is -2.54. The number of rotatable bonds is 5. The molecular weight excluding hydrogens is 572 g/mol. The molecule has 12 heteroatoms. The van der Waals surface area contributed by atoms with E-state index in [1.54, 1.807) is 0 Å². The molecule has 1 aliphatic rings. The van der Waals surface area contributed by atoms with Crippen LogP contribution in [0, 0.1) is 0 Å². The van der Waals surface area contributed by atoms with Gasteiger partial charge in [0.1, 0.15) is 0 Å². The Morgan fingerprint density at radius 1 is 0.930 bits per heavy atom. The predicted molar refractivity (Wildman–Crippen MR) is 151 cm³/mol. The molecule has 4 aromatic rings. The summed E-state index contributed by atoms with van der Waals surface area (Å²) >= 11 is 0. The van der Waals surface area contributed by atoms with Crippen molar-refractivity contribution in [3.05, 3.63) is 89.1 Å². The highest BCUT2D eigenvalue weighted by Crippen LogP contribution is 2.37. The zero-order valence-electron chi connectivity index (χ0n) is 23.6. The van der Waals surface area contributed by atoms with Crippen molar-refractivity contribution in [2.75, 3.05) is 25.0 Å². The smallest absolute Gasteiger partial charge is 0.338 e. The number of hydrogen-bond donors (Lipinski definition) is 1. The Morgan fingerprint density at radius 3 is 2.16 bits per heavy atom. The molecule has 2 heterocycles. The summed E-state index contributed by atoms with van der Waals surface area (Å²) in [6.07, 6.45) is -8.62. The average molecular weight is 602 g/mol. The zero-order valence-corrected chi connectivity index (χ0v) is 23.6. The van der Waals surface area contributed by atoms with Crippen LogP contribution in [0.25, 0.3) is 22.0 Å². The number of piperazine rings is 1. The Balaban J connectivity index is 1.57. The van der Waals surface area contributed by atoms with Gasteiger partial charge in [-0.3, -0.25) is 4.79 Å². The quantitative estimate of drug-likeness (QED) is 0.255. The van der Waals surface area contributed by atoms with Gasteiger partial charge >= 0.3 is 12.4 Å². The molecule has 226 valence electrons. The SMILES string of the molecule is C[C@@H]1CN(c2ncc(C(=O)N(C)Cc3cc(C(F)(F)F)cc(C(F)(F)F)c3)c(-c3cccc4ccccc34)n2)C[C@H](C)N1. The van der Waals surface area contributed by atoms with Crippen LogP contribution in [0.3, 0.4) is 0 Å². The van der Waals surface area contributed by atoms with E-state index in [9.17, 15) is 31.1 Å². The second kappa shape index (κ2) is 11.5. The molecule has 1 N–H and O–H groups in total. The molecule has 0 saturated carbocycles. The van der Waals surface area contributed by atoms with Gasteiger partial charge in [-0.2, -0.15) is 26.3 Å². The maximum Gasteiger partial charge on any atom is 0.416 e. The van der Waals surface area contributed by atoms with Gasteiger partial charge in [-0.25, -0.2) is 9.97 Å². The number of carbonyl (C=O) groups is 1. The Morgan fingerprint density at radius 2 is 1.53 bits per heavy atom. The van der Waals surface area contributed by atoms with Crippen molar-refractivity contribution in [1.82, 2.24) is 20.2 Å². The number of carbonyl (C=O) groups excluding carboxylic acids is 1. The summed E-state index contributed by atoms with van der Waals surface area (Å²) in [5.41, 5.74) is -2.16. The minimum absolute atomic E-state index is 0.0638. The van der Waals surface area contributed by atoms with Crippen LogP contribution in [0.1, 0.15) is 40.9 Å². The second-order valence-corrected chi connectivity index (χ2v) is 10.9. The Bertz CT molecular complexity index is 1610. The van der Waals surface area contributed by atoms with Crippen LogP contribution in [0.2, 0.25) is 0 Å². The van der Waals surface area contributed by atoms with E-state index in [1.165, 1.54) is 13.2 Å². The third-order valence-electron chi connectivity index (χ3n) is 7.31. The van der Waals surface area contributed by atoms with Crippen LogP contribution < -0.4 is 10.2 Å². The number of fused-ring (bicyclic) bond motifs is 1. The Hall–Kier alpha value is -4.19. The van der Waals surface area contributed by atoms with E-state index in [0.717, 1.165) is 15.7 Å². The van der Waals surface area contributed by atoms with Crippen molar-refractivity contribution in [2.24, 2.45) is 0 Å². The molecule has 0 aliphatic carbocycles. The summed E-state index contributed by atoms with van der Waals surface area (Å²) in [6.45, 7) is 4.83. The standard InChI is InChI=1S/C31H29F6N5O/c1-18-15-42(16-19(2)39-18)29-38-14-26(27(40-29)25-10-6-8-21-7-4-5-9-24(21)25)28(43)41(3)17-20-11-22(30(32,33)34)13-23(12-20)31(35,36)37/h4-14,18-19,39H,15-17H2,1-3H3/t18-,19+. The second-order valence-electron chi connectivity index (χ2n) is 10.9. The van der Waals surface area contributed by atoms with E-state index < -0.39 is 35.9 Å². The number of halogens is 6. The molecule has 2 atom stereocenters. The molecule has 1 amide bonds. The number of hydrogen-bond acceptors (Lipinski definition) is 5. The van der Waals surface area contributed by atoms with Gasteiger partial charge in [0.05, 0.1) is 22.4 Å². The first kappa shape index (κ1) is 30.3. The van der Waals surface area contributed by atoms with Gasteiger partial charge in [0.15, 0.2) is 0 Å². The third-order valence-corrected chi connectivity index (χ3v) is 7.31. The molecular formula is C31H29F6N5O. The number of anilines is 1. The molecule has 0 spiro atoms. The van der Waals surface area contributed by atoms with E-state index in [-0.39, 0.29) is 29.3 Å². The Labute approximate surface area is 244 Å². The van der Waals surface area contributed by atoms with E-state index >= 15 is 0 Å². The minimum atomic E-state index is -5.00. The number of nitrogens with one attached hydrogen (secondary N) is 1. The van der Waals surface area contributed by atoms with Crippen LogP contribution in [0.15, 0.2) is 66.9 Å². The van der Waals surface area contributed by atoms with Crippen LogP contribution in [0.5, 0.6) is 0 Å². The number of amides is 1. The summed E-state index contributed by atoms with van der Waals surface area (Å²) in [5, 5.41) is 5.17. The van der Waals surface area contributed by atoms with Crippen molar-refractivity contribution in [3.63, 3.8) is 0 Å². The van der Waals surface area contributed by atoms with E-state index in [4.69, 9.17) is 4.98 Å². The molecule has 1 fully saturated rings. The van der Waals surface area contributed by atoms with Gasteiger partial charge in [0.2, 0.25) is 5.95 Å². The first-order valence-electron chi connectivity index (χ1n) is 13.6. The first-order chi connectivity index (χ1) is 20.2. The molecule has 1 saturated heterocycles. The normalized spacial score (nSPS) is 17.7. The van der Waals surface area contributed by atoms with Crippen molar-refractivity contribution in [1.29, 1.82) is 0 Å². The predicted octanol–water partition coefficient (Wildman–Crippen LogP) is 6.79. The van der Waals surface area contributed by atoms with Crippen molar-refractivity contribution >= 4 is 22.6 Å². The van der Waals surface area contributed by atoms with Crippen molar-refractivity contribution in [2.45, 2.75) is 44.8 Å². The highest BCUT2D eigenvalue weighted by atomic mass is 19.4. The molecule has 43 heavy (non-hydrogen) atoms. The molecule has 0 radical (unpaired) electrons. The number of alkyl halides is 6. The van der Waals surface area contributed by atoms with Crippen LogP contribution >= 0.6 is 0 Å². The zero-order chi connectivity index (χ0) is 31.1. The fourth-order valence-corrected chi connectivity index (χ4v) is 5.47. The molecule has 1 aliphatic heterocycles. The highest BCUT2D eigenvalue weighted by Gasteiger charge is 2.37. The molecule has 5 rings (SSSR count). The lowest BCUT2D eigenvalue weighted by atomic mass is 9.99.